The molecule has 1 saturated carbocycles. The average molecular weight is 376 g/mol. The lowest BCUT2D eigenvalue weighted by Crippen LogP contribution is -2.71. The summed E-state index contributed by atoms with van der Waals surface area (Å²) >= 11 is 0. The first-order valence-electron chi connectivity index (χ1n) is 9.44. The van der Waals surface area contributed by atoms with Gasteiger partial charge >= 0.3 is 5.97 Å². The Bertz CT molecular complexity index is 641. The zero-order chi connectivity index (χ0) is 20.1. The molecule has 1 aliphatic rings. The highest BCUT2D eigenvalue weighted by atomic mass is 16.7. The Morgan fingerprint density at radius 3 is 2.33 bits per heavy atom. The number of ether oxygens (including phenoxy) is 4. The van der Waals surface area contributed by atoms with Gasteiger partial charge in [-0.15, -0.1) is 0 Å². The van der Waals surface area contributed by atoms with Gasteiger partial charge in [0.15, 0.2) is 5.60 Å². The van der Waals surface area contributed by atoms with Crippen molar-refractivity contribution in [2.45, 2.75) is 51.1 Å². The quantitative estimate of drug-likeness (QED) is 0.408. The number of methoxy groups -OCH3 is 3. The smallest absolute Gasteiger partial charge is 0.333 e. The van der Waals surface area contributed by atoms with E-state index in [1.807, 2.05) is 44.2 Å². The number of rotatable bonds is 7. The molecule has 1 aromatic carbocycles. The standard InChI is InChI=1S/C22H32O5/c1-16(2)22(26-6)19(24-4)14-17(3)15-21(22,25-5)27-20(23)13-12-18-10-8-7-9-11-18/h7-13,16-17,19H,14-15H2,1-6H3. The Hall–Kier alpha value is -1.69. The van der Waals surface area contributed by atoms with Crippen LogP contribution < -0.4 is 0 Å². The summed E-state index contributed by atoms with van der Waals surface area (Å²) in [4.78, 5) is 12.7. The van der Waals surface area contributed by atoms with Crippen molar-refractivity contribution in [1.29, 1.82) is 0 Å². The molecule has 0 N–H and O–H groups in total. The van der Waals surface area contributed by atoms with E-state index in [9.17, 15) is 4.79 Å². The SMILES string of the molecule is COC1CC(C)CC(OC)(OC(=O)C=Cc2ccccc2)C1(OC)C(C)C. The Balaban J connectivity index is 2.37. The molecule has 0 radical (unpaired) electrons. The van der Waals surface area contributed by atoms with Gasteiger partial charge < -0.3 is 18.9 Å². The van der Waals surface area contributed by atoms with Crippen molar-refractivity contribution in [3.05, 3.63) is 42.0 Å². The van der Waals surface area contributed by atoms with E-state index in [2.05, 4.69) is 6.92 Å². The van der Waals surface area contributed by atoms with Gasteiger partial charge in [0.25, 0.3) is 0 Å². The molecule has 1 aliphatic carbocycles. The number of esters is 1. The second-order valence-corrected chi connectivity index (χ2v) is 7.54. The van der Waals surface area contributed by atoms with E-state index in [1.165, 1.54) is 6.08 Å². The normalized spacial score (nSPS) is 31.4. The van der Waals surface area contributed by atoms with E-state index in [0.29, 0.717) is 6.42 Å². The van der Waals surface area contributed by atoms with E-state index in [-0.39, 0.29) is 17.9 Å². The molecule has 0 saturated heterocycles. The third kappa shape index (κ3) is 4.10. The van der Waals surface area contributed by atoms with Crippen molar-refractivity contribution < 1.29 is 23.7 Å². The summed E-state index contributed by atoms with van der Waals surface area (Å²) in [6, 6.07) is 9.62. The maximum Gasteiger partial charge on any atom is 0.333 e. The summed E-state index contributed by atoms with van der Waals surface area (Å²) in [6.45, 7) is 6.17. The zero-order valence-corrected chi connectivity index (χ0v) is 17.2. The summed E-state index contributed by atoms with van der Waals surface area (Å²) in [5.74, 6) is -1.44. The van der Waals surface area contributed by atoms with Crippen LogP contribution in [-0.4, -0.2) is 44.8 Å². The molecule has 0 aromatic heterocycles. The van der Waals surface area contributed by atoms with Crippen LogP contribution in [0.2, 0.25) is 0 Å². The minimum Gasteiger partial charge on any atom is -0.427 e. The van der Waals surface area contributed by atoms with Gasteiger partial charge in [-0.2, -0.15) is 0 Å². The Kier molecular flexibility index (Phi) is 7.20. The molecule has 4 unspecified atom stereocenters. The zero-order valence-electron chi connectivity index (χ0n) is 17.2. The molecule has 1 aromatic rings. The van der Waals surface area contributed by atoms with Crippen LogP contribution in [0.3, 0.4) is 0 Å². The van der Waals surface area contributed by atoms with Crippen LogP contribution in [-0.2, 0) is 23.7 Å². The van der Waals surface area contributed by atoms with Crippen LogP contribution in [0.15, 0.2) is 36.4 Å². The molecular formula is C22H32O5. The molecule has 0 spiro atoms. The van der Waals surface area contributed by atoms with E-state index in [0.717, 1.165) is 12.0 Å². The number of hydrogen-bond acceptors (Lipinski definition) is 5. The van der Waals surface area contributed by atoms with Crippen LogP contribution in [0.25, 0.3) is 6.08 Å². The molecule has 1 fully saturated rings. The van der Waals surface area contributed by atoms with Crippen molar-refractivity contribution in [2.75, 3.05) is 21.3 Å². The van der Waals surface area contributed by atoms with Crippen molar-refractivity contribution in [2.24, 2.45) is 11.8 Å². The third-order valence-corrected chi connectivity index (χ3v) is 5.59. The molecule has 5 heteroatoms. The van der Waals surface area contributed by atoms with Crippen LogP contribution in [0, 0.1) is 11.8 Å². The molecule has 5 nitrogen and oxygen atoms in total. The highest BCUT2D eigenvalue weighted by Crippen LogP contribution is 2.50. The molecule has 0 amide bonds. The number of carbonyl (C=O) groups is 1. The summed E-state index contributed by atoms with van der Waals surface area (Å²) in [6.07, 6.45) is 4.26. The maximum atomic E-state index is 12.7. The maximum absolute atomic E-state index is 12.7. The minimum atomic E-state index is -1.23. The summed E-state index contributed by atoms with van der Waals surface area (Å²) in [5, 5.41) is 0. The van der Waals surface area contributed by atoms with Crippen LogP contribution in [0.1, 0.15) is 39.2 Å². The average Bonchev–Trinajstić information content (AvgIpc) is 2.66. The molecular weight excluding hydrogens is 344 g/mol. The van der Waals surface area contributed by atoms with Gasteiger partial charge in [-0.3, -0.25) is 0 Å². The van der Waals surface area contributed by atoms with Crippen LogP contribution >= 0.6 is 0 Å². The van der Waals surface area contributed by atoms with Gasteiger partial charge in [-0.25, -0.2) is 4.79 Å². The van der Waals surface area contributed by atoms with Crippen molar-refractivity contribution in [3.63, 3.8) is 0 Å². The summed E-state index contributed by atoms with van der Waals surface area (Å²) in [7, 11) is 4.86. The first kappa shape index (κ1) is 21.6. The molecule has 0 bridgehead atoms. The van der Waals surface area contributed by atoms with Gasteiger partial charge in [0, 0.05) is 33.8 Å². The molecule has 0 heterocycles. The lowest BCUT2D eigenvalue weighted by molar-refractivity contribution is -0.358. The molecule has 4 atom stereocenters. The second-order valence-electron chi connectivity index (χ2n) is 7.54. The first-order valence-corrected chi connectivity index (χ1v) is 9.44. The highest BCUT2D eigenvalue weighted by Gasteiger charge is 2.65. The number of carbonyl (C=O) groups excluding carboxylic acids is 1. The number of benzene rings is 1. The van der Waals surface area contributed by atoms with Crippen LogP contribution in [0.4, 0.5) is 0 Å². The van der Waals surface area contributed by atoms with Crippen molar-refractivity contribution in [1.82, 2.24) is 0 Å². The Labute approximate surface area is 162 Å². The third-order valence-electron chi connectivity index (χ3n) is 5.59. The lowest BCUT2D eigenvalue weighted by atomic mass is 9.66. The van der Waals surface area contributed by atoms with E-state index >= 15 is 0 Å². The Morgan fingerprint density at radius 1 is 1.15 bits per heavy atom. The van der Waals surface area contributed by atoms with Gasteiger partial charge in [0.05, 0.1) is 6.10 Å². The highest BCUT2D eigenvalue weighted by molar-refractivity contribution is 5.87. The fourth-order valence-electron chi connectivity index (χ4n) is 4.42. The number of hydrogen-bond donors (Lipinski definition) is 0. The van der Waals surface area contributed by atoms with Crippen molar-refractivity contribution >= 4 is 12.0 Å². The first-order chi connectivity index (χ1) is 12.8. The van der Waals surface area contributed by atoms with Gasteiger partial charge in [0.2, 0.25) is 5.79 Å². The van der Waals surface area contributed by atoms with Gasteiger partial charge in [0.1, 0.15) is 0 Å². The predicted molar refractivity (Wildman–Crippen MR) is 105 cm³/mol. The Morgan fingerprint density at radius 2 is 1.81 bits per heavy atom. The summed E-state index contributed by atoms with van der Waals surface area (Å²) < 4.78 is 23.7. The molecule has 2 rings (SSSR count). The minimum absolute atomic E-state index is 0.00537. The lowest BCUT2D eigenvalue weighted by Gasteiger charge is -2.56. The molecule has 0 aliphatic heterocycles. The fraction of sp³-hybridized carbons (Fsp3) is 0.591. The monoisotopic (exact) mass is 376 g/mol. The van der Waals surface area contributed by atoms with Crippen molar-refractivity contribution in [3.8, 4) is 0 Å². The van der Waals surface area contributed by atoms with Gasteiger partial charge in [-0.1, -0.05) is 51.1 Å². The fourth-order valence-corrected chi connectivity index (χ4v) is 4.42. The summed E-state index contributed by atoms with van der Waals surface area (Å²) in [5.41, 5.74) is 0.0220. The van der Waals surface area contributed by atoms with E-state index < -0.39 is 17.4 Å². The van der Waals surface area contributed by atoms with Crippen LogP contribution in [0.5, 0.6) is 0 Å². The van der Waals surface area contributed by atoms with E-state index in [1.54, 1.807) is 27.4 Å². The van der Waals surface area contributed by atoms with E-state index in [4.69, 9.17) is 18.9 Å². The molecule has 150 valence electrons. The predicted octanol–water partition coefficient (Wildman–Crippen LogP) is 4.07. The largest absolute Gasteiger partial charge is 0.427 e. The topological polar surface area (TPSA) is 54.0 Å². The molecule has 27 heavy (non-hydrogen) atoms. The second kappa shape index (κ2) is 9.00. The van der Waals surface area contributed by atoms with Gasteiger partial charge in [-0.05, 0) is 29.9 Å².